The van der Waals surface area contributed by atoms with E-state index in [0.29, 0.717) is 0 Å². The molecule has 0 bridgehead atoms. The average Bonchev–Trinajstić information content (AvgIpc) is 3.04. The SMILES string of the molecule is Cc1cnc(C)c(N2CCN(CCCc3ccco3)CC2)n1. The van der Waals surface area contributed by atoms with Gasteiger partial charge in [0.25, 0.3) is 0 Å². The minimum Gasteiger partial charge on any atom is -0.469 e. The lowest BCUT2D eigenvalue weighted by Gasteiger charge is -2.35. The highest BCUT2D eigenvalue weighted by molar-refractivity contribution is 5.43. The first-order valence-corrected chi connectivity index (χ1v) is 8.02. The minimum atomic E-state index is 0.987. The van der Waals surface area contributed by atoms with Gasteiger partial charge >= 0.3 is 0 Å². The first-order valence-electron chi connectivity index (χ1n) is 8.02. The monoisotopic (exact) mass is 300 g/mol. The highest BCUT2D eigenvalue weighted by Gasteiger charge is 2.19. The molecule has 0 aromatic carbocycles. The van der Waals surface area contributed by atoms with Gasteiger partial charge in [0, 0.05) is 38.8 Å². The number of nitrogens with zero attached hydrogens (tertiary/aromatic N) is 4. The van der Waals surface area contributed by atoms with E-state index in [1.54, 1.807) is 6.26 Å². The van der Waals surface area contributed by atoms with Crippen LogP contribution < -0.4 is 4.90 Å². The first kappa shape index (κ1) is 15.0. The van der Waals surface area contributed by atoms with Gasteiger partial charge in [0.05, 0.1) is 17.7 Å². The van der Waals surface area contributed by atoms with Gasteiger partial charge in [0.2, 0.25) is 0 Å². The van der Waals surface area contributed by atoms with Gasteiger partial charge in [0.1, 0.15) is 11.6 Å². The van der Waals surface area contributed by atoms with Gasteiger partial charge in [-0.1, -0.05) is 0 Å². The highest BCUT2D eigenvalue weighted by atomic mass is 16.3. The van der Waals surface area contributed by atoms with E-state index in [1.165, 1.54) is 0 Å². The van der Waals surface area contributed by atoms with Crippen molar-refractivity contribution in [1.29, 1.82) is 0 Å². The molecule has 0 unspecified atom stereocenters. The number of anilines is 1. The maximum absolute atomic E-state index is 5.38. The van der Waals surface area contributed by atoms with Crippen molar-refractivity contribution in [3.63, 3.8) is 0 Å². The molecule has 0 N–H and O–H groups in total. The molecule has 0 amide bonds. The van der Waals surface area contributed by atoms with Crippen molar-refractivity contribution in [3.05, 3.63) is 41.7 Å². The van der Waals surface area contributed by atoms with Gasteiger partial charge in [-0.05, 0) is 38.9 Å². The zero-order valence-corrected chi connectivity index (χ0v) is 13.5. The van der Waals surface area contributed by atoms with Crippen LogP contribution in [0, 0.1) is 13.8 Å². The summed E-state index contributed by atoms with van der Waals surface area (Å²) >= 11 is 0. The van der Waals surface area contributed by atoms with E-state index >= 15 is 0 Å². The standard InChI is InChI=1S/C17H24N4O/c1-14-13-18-15(2)17(19-14)21-10-8-20(9-11-21)7-3-5-16-6-4-12-22-16/h4,6,12-13H,3,5,7-11H2,1-2H3. The second kappa shape index (κ2) is 6.92. The quantitative estimate of drug-likeness (QED) is 0.848. The Balaban J connectivity index is 1.47. The molecule has 1 aliphatic heterocycles. The summed E-state index contributed by atoms with van der Waals surface area (Å²) < 4.78 is 5.38. The van der Waals surface area contributed by atoms with E-state index in [4.69, 9.17) is 4.42 Å². The Hall–Kier alpha value is -1.88. The molecule has 0 radical (unpaired) electrons. The van der Waals surface area contributed by atoms with Crippen LogP contribution in [0.5, 0.6) is 0 Å². The van der Waals surface area contributed by atoms with Crippen LogP contribution in [0.2, 0.25) is 0 Å². The lowest BCUT2D eigenvalue weighted by molar-refractivity contribution is 0.252. The topological polar surface area (TPSA) is 45.4 Å². The molecule has 1 saturated heterocycles. The Bertz CT molecular complexity index is 589. The lowest BCUT2D eigenvalue weighted by atomic mass is 10.2. The summed E-state index contributed by atoms with van der Waals surface area (Å²) in [6, 6.07) is 4.01. The van der Waals surface area contributed by atoms with Crippen molar-refractivity contribution in [2.45, 2.75) is 26.7 Å². The van der Waals surface area contributed by atoms with Gasteiger partial charge < -0.3 is 9.32 Å². The van der Waals surface area contributed by atoms with Gasteiger partial charge in [-0.25, -0.2) is 4.98 Å². The highest BCUT2D eigenvalue weighted by Crippen LogP contribution is 2.17. The summed E-state index contributed by atoms with van der Waals surface area (Å²) in [5.41, 5.74) is 2.01. The zero-order valence-electron chi connectivity index (χ0n) is 13.5. The van der Waals surface area contributed by atoms with Gasteiger partial charge in [-0.15, -0.1) is 0 Å². The largest absolute Gasteiger partial charge is 0.469 e. The van der Waals surface area contributed by atoms with Crippen LogP contribution in [0.4, 0.5) is 5.82 Å². The molecule has 0 atom stereocenters. The molecular formula is C17H24N4O. The van der Waals surface area contributed by atoms with E-state index < -0.39 is 0 Å². The van der Waals surface area contributed by atoms with Crippen molar-refractivity contribution in [2.24, 2.45) is 0 Å². The van der Waals surface area contributed by atoms with E-state index in [-0.39, 0.29) is 0 Å². The number of aryl methyl sites for hydroxylation is 3. The van der Waals surface area contributed by atoms with Crippen molar-refractivity contribution in [3.8, 4) is 0 Å². The molecule has 1 aliphatic rings. The Morgan fingerprint density at radius 1 is 1.18 bits per heavy atom. The third-order valence-corrected chi connectivity index (χ3v) is 4.20. The van der Waals surface area contributed by atoms with Crippen LogP contribution in [-0.4, -0.2) is 47.6 Å². The molecule has 0 saturated carbocycles. The molecule has 0 aliphatic carbocycles. The molecule has 3 rings (SSSR count). The molecule has 0 spiro atoms. The van der Waals surface area contributed by atoms with Crippen molar-refractivity contribution < 1.29 is 4.42 Å². The molecule has 22 heavy (non-hydrogen) atoms. The maximum Gasteiger partial charge on any atom is 0.150 e. The van der Waals surface area contributed by atoms with Gasteiger partial charge in [-0.2, -0.15) is 0 Å². The summed E-state index contributed by atoms with van der Waals surface area (Å²) in [5.74, 6) is 2.14. The molecule has 3 heterocycles. The minimum absolute atomic E-state index is 0.987. The van der Waals surface area contributed by atoms with Crippen molar-refractivity contribution in [2.75, 3.05) is 37.6 Å². The number of furan rings is 1. The smallest absolute Gasteiger partial charge is 0.150 e. The van der Waals surface area contributed by atoms with Gasteiger partial charge in [-0.3, -0.25) is 9.88 Å². The normalized spacial score (nSPS) is 16.2. The number of hydrogen-bond acceptors (Lipinski definition) is 5. The van der Waals surface area contributed by atoms with E-state index in [1.807, 2.05) is 26.1 Å². The Morgan fingerprint density at radius 2 is 2.00 bits per heavy atom. The second-order valence-electron chi connectivity index (χ2n) is 5.93. The van der Waals surface area contributed by atoms with Crippen LogP contribution in [-0.2, 0) is 6.42 Å². The molecule has 5 heteroatoms. The third kappa shape index (κ3) is 3.65. The molecule has 5 nitrogen and oxygen atoms in total. The molecular weight excluding hydrogens is 276 g/mol. The van der Waals surface area contributed by atoms with Crippen molar-refractivity contribution in [1.82, 2.24) is 14.9 Å². The van der Waals surface area contributed by atoms with Crippen molar-refractivity contribution >= 4 is 5.82 Å². The average molecular weight is 300 g/mol. The van der Waals surface area contributed by atoms with Gasteiger partial charge in [0.15, 0.2) is 0 Å². The fourth-order valence-electron chi connectivity index (χ4n) is 2.94. The fourth-order valence-corrected chi connectivity index (χ4v) is 2.94. The Morgan fingerprint density at radius 3 is 2.73 bits per heavy atom. The van der Waals surface area contributed by atoms with Crippen LogP contribution in [0.25, 0.3) is 0 Å². The van der Waals surface area contributed by atoms with E-state index in [2.05, 4.69) is 25.8 Å². The first-order chi connectivity index (χ1) is 10.7. The third-order valence-electron chi connectivity index (χ3n) is 4.20. The van der Waals surface area contributed by atoms with Crippen LogP contribution in [0.15, 0.2) is 29.0 Å². The Kier molecular flexibility index (Phi) is 4.73. The fraction of sp³-hybridized carbons (Fsp3) is 0.529. The maximum atomic E-state index is 5.38. The van der Waals surface area contributed by atoms with Crippen LogP contribution in [0.1, 0.15) is 23.6 Å². The second-order valence-corrected chi connectivity index (χ2v) is 5.93. The van der Waals surface area contributed by atoms with E-state index in [9.17, 15) is 0 Å². The summed E-state index contributed by atoms with van der Waals surface area (Å²) in [4.78, 5) is 14.0. The van der Waals surface area contributed by atoms with Crippen LogP contribution >= 0.6 is 0 Å². The summed E-state index contributed by atoms with van der Waals surface area (Å²) in [6.07, 6.45) is 5.76. The number of rotatable bonds is 5. The van der Waals surface area contributed by atoms with E-state index in [0.717, 1.165) is 68.5 Å². The lowest BCUT2D eigenvalue weighted by Crippen LogP contribution is -2.47. The number of piperazine rings is 1. The molecule has 118 valence electrons. The number of aromatic nitrogens is 2. The van der Waals surface area contributed by atoms with Crippen LogP contribution in [0.3, 0.4) is 0 Å². The summed E-state index contributed by atoms with van der Waals surface area (Å²) in [5, 5.41) is 0. The molecule has 1 fully saturated rings. The zero-order chi connectivity index (χ0) is 15.4. The molecule has 2 aromatic rings. The Labute approximate surface area is 132 Å². The predicted molar refractivity (Wildman–Crippen MR) is 87.2 cm³/mol. The number of hydrogen-bond donors (Lipinski definition) is 0. The summed E-state index contributed by atoms with van der Waals surface area (Å²) in [6.45, 7) is 9.41. The molecule has 2 aromatic heterocycles. The predicted octanol–water partition coefficient (Wildman–Crippen LogP) is 2.44. The summed E-state index contributed by atoms with van der Waals surface area (Å²) in [7, 11) is 0.